The highest BCUT2D eigenvalue weighted by Crippen LogP contribution is 2.24. The monoisotopic (exact) mass is 332 g/mol. The first kappa shape index (κ1) is 17.4. The Kier molecular flexibility index (Phi) is 5.69. The first-order valence-corrected chi connectivity index (χ1v) is 9.21. The number of ketones is 1. The summed E-state index contributed by atoms with van der Waals surface area (Å²) in [7, 11) is -3.55. The minimum absolute atomic E-state index is 0.00474. The third-order valence-electron chi connectivity index (χ3n) is 3.62. The Hall–Kier alpha value is -1.98. The number of aliphatic hydroxyl groups excluding tert-OH is 1. The van der Waals surface area contributed by atoms with Crippen LogP contribution in [0.25, 0.3) is 0 Å². The van der Waals surface area contributed by atoms with Crippen molar-refractivity contribution in [2.45, 2.75) is 30.8 Å². The molecule has 2 rings (SSSR count). The van der Waals surface area contributed by atoms with E-state index in [2.05, 4.69) is 0 Å². The van der Waals surface area contributed by atoms with Crippen LogP contribution in [0.4, 0.5) is 0 Å². The second kappa shape index (κ2) is 7.53. The van der Waals surface area contributed by atoms with E-state index in [-0.39, 0.29) is 16.2 Å². The average Bonchev–Trinajstić information content (AvgIpc) is 2.59. The van der Waals surface area contributed by atoms with E-state index >= 15 is 0 Å². The fraction of sp³-hybridized carbons (Fsp3) is 0.278. The predicted molar refractivity (Wildman–Crippen MR) is 89.1 cm³/mol. The molecule has 0 fully saturated rings. The average molecular weight is 332 g/mol. The maximum Gasteiger partial charge on any atom is 0.197 e. The van der Waals surface area contributed by atoms with Crippen molar-refractivity contribution in [3.05, 3.63) is 65.7 Å². The lowest BCUT2D eigenvalue weighted by atomic mass is 10.00. The summed E-state index contributed by atoms with van der Waals surface area (Å²) in [6.07, 6.45) is -0.0904. The number of carbonyl (C=O) groups is 1. The van der Waals surface area contributed by atoms with Crippen LogP contribution in [-0.4, -0.2) is 25.1 Å². The van der Waals surface area contributed by atoms with Crippen molar-refractivity contribution in [2.24, 2.45) is 0 Å². The summed E-state index contributed by atoms with van der Waals surface area (Å²) in [5.41, 5.74) is 0.484. The maximum atomic E-state index is 12.6. The van der Waals surface area contributed by atoms with Gasteiger partial charge >= 0.3 is 0 Å². The number of benzene rings is 2. The van der Waals surface area contributed by atoms with E-state index in [0.29, 0.717) is 12.0 Å². The fourth-order valence-electron chi connectivity index (χ4n) is 2.32. The summed E-state index contributed by atoms with van der Waals surface area (Å²) < 4.78 is 24.9. The Morgan fingerprint density at radius 2 is 1.65 bits per heavy atom. The number of aliphatic hydroxyl groups is 1. The molecule has 2 aromatic carbocycles. The van der Waals surface area contributed by atoms with Crippen LogP contribution >= 0.6 is 0 Å². The molecule has 0 aliphatic rings. The van der Waals surface area contributed by atoms with Crippen LogP contribution in [0.3, 0.4) is 0 Å². The van der Waals surface area contributed by atoms with Gasteiger partial charge in [-0.1, -0.05) is 55.8 Å². The molecule has 0 spiro atoms. The van der Waals surface area contributed by atoms with Gasteiger partial charge in [-0.05, 0) is 24.1 Å². The normalized spacial score (nSPS) is 12.8. The first-order chi connectivity index (χ1) is 11.0. The Labute approximate surface area is 136 Å². The number of hydrogen-bond donors (Lipinski definition) is 1. The maximum absolute atomic E-state index is 12.6. The molecule has 0 aromatic heterocycles. The van der Waals surface area contributed by atoms with Crippen LogP contribution in [0, 0.1) is 0 Å². The van der Waals surface area contributed by atoms with Gasteiger partial charge in [0.05, 0.1) is 10.6 Å². The molecule has 0 aliphatic carbocycles. The van der Waals surface area contributed by atoms with Gasteiger partial charge in [0.15, 0.2) is 15.6 Å². The molecule has 1 N–H and O–H groups in total. The molecule has 0 bridgehead atoms. The van der Waals surface area contributed by atoms with Crippen molar-refractivity contribution in [2.75, 3.05) is 5.75 Å². The summed E-state index contributed by atoms with van der Waals surface area (Å²) in [5.74, 6) is -0.609. The van der Waals surface area contributed by atoms with E-state index in [0.717, 1.165) is 6.42 Å². The van der Waals surface area contributed by atoms with Crippen LogP contribution in [0.1, 0.15) is 41.8 Å². The highest BCUT2D eigenvalue weighted by atomic mass is 32.2. The fourth-order valence-corrected chi connectivity index (χ4v) is 4.00. The summed E-state index contributed by atoms with van der Waals surface area (Å²) in [6, 6.07) is 14.6. The number of Topliss-reactive ketones (excluding diaryl/α,β-unsaturated/α-hetero) is 1. The molecule has 5 heteroatoms. The number of unbranched alkanes of at least 4 members (excludes halogenated alkanes) is 1. The molecule has 0 saturated carbocycles. The van der Waals surface area contributed by atoms with E-state index in [1.165, 1.54) is 12.1 Å². The molecule has 0 radical (unpaired) electrons. The molecule has 23 heavy (non-hydrogen) atoms. The minimum atomic E-state index is -3.55. The van der Waals surface area contributed by atoms with Crippen molar-refractivity contribution in [3.8, 4) is 0 Å². The molecular formula is C18H20O4S. The Morgan fingerprint density at radius 1 is 1.04 bits per heavy atom. The molecule has 122 valence electrons. The van der Waals surface area contributed by atoms with Gasteiger partial charge in [0.2, 0.25) is 0 Å². The SMILES string of the molecule is CCCCS(=O)(=O)c1ccccc1C(=O)C(O)c1ccccc1. The van der Waals surface area contributed by atoms with Gasteiger partial charge in [0.1, 0.15) is 6.10 Å². The van der Waals surface area contributed by atoms with Gasteiger partial charge < -0.3 is 5.11 Å². The molecule has 0 saturated heterocycles. The van der Waals surface area contributed by atoms with Crippen molar-refractivity contribution < 1.29 is 18.3 Å². The summed E-state index contributed by atoms with van der Waals surface area (Å²) in [6.45, 7) is 1.91. The van der Waals surface area contributed by atoms with E-state index < -0.39 is 21.7 Å². The lowest BCUT2D eigenvalue weighted by Gasteiger charge is -2.13. The van der Waals surface area contributed by atoms with Gasteiger partial charge in [-0.25, -0.2) is 8.42 Å². The lowest BCUT2D eigenvalue weighted by molar-refractivity contribution is 0.0744. The molecule has 0 aliphatic heterocycles. The molecule has 4 nitrogen and oxygen atoms in total. The smallest absolute Gasteiger partial charge is 0.197 e. The van der Waals surface area contributed by atoms with Gasteiger partial charge in [0.25, 0.3) is 0 Å². The Morgan fingerprint density at radius 3 is 2.30 bits per heavy atom. The van der Waals surface area contributed by atoms with Gasteiger partial charge in [-0.3, -0.25) is 4.79 Å². The number of rotatable bonds is 7. The third-order valence-corrected chi connectivity index (χ3v) is 5.47. The number of carbonyl (C=O) groups excluding carboxylic acids is 1. The van der Waals surface area contributed by atoms with Crippen molar-refractivity contribution in [1.29, 1.82) is 0 Å². The van der Waals surface area contributed by atoms with Crippen molar-refractivity contribution >= 4 is 15.6 Å². The van der Waals surface area contributed by atoms with Crippen LogP contribution in [0.5, 0.6) is 0 Å². The summed E-state index contributed by atoms with van der Waals surface area (Å²) >= 11 is 0. The standard InChI is InChI=1S/C18H20O4S/c1-2-3-13-23(21,22)16-12-8-7-11-15(16)18(20)17(19)14-9-5-4-6-10-14/h4-12,17,19H,2-3,13H2,1H3. The van der Waals surface area contributed by atoms with Crippen LogP contribution in [-0.2, 0) is 9.84 Å². The van der Waals surface area contributed by atoms with E-state index in [1.807, 2.05) is 6.92 Å². The van der Waals surface area contributed by atoms with Crippen LogP contribution in [0.15, 0.2) is 59.5 Å². The highest BCUT2D eigenvalue weighted by molar-refractivity contribution is 7.91. The molecule has 0 heterocycles. The second-order valence-corrected chi connectivity index (χ2v) is 7.42. The van der Waals surface area contributed by atoms with Gasteiger partial charge in [-0.2, -0.15) is 0 Å². The molecular weight excluding hydrogens is 312 g/mol. The highest BCUT2D eigenvalue weighted by Gasteiger charge is 2.26. The Bertz CT molecular complexity index is 767. The van der Waals surface area contributed by atoms with E-state index in [4.69, 9.17) is 0 Å². The van der Waals surface area contributed by atoms with E-state index in [1.54, 1.807) is 42.5 Å². The zero-order valence-electron chi connectivity index (χ0n) is 13.0. The molecule has 0 amide bonds. The van der Waals surface area contributed by atoms with Crippen LogP contribution < -0.4 is 0 Å². The number of hydrogen-bond acceptors (Lipinski definition) is 4. The van der Waals surface area contributed by atoms with Crippen LogP contribution in [0.2, 0.25) is 0 Å². The zero-order chi connectivity index (χ0) is 16.9. The predicted octanol–water partition coefficient (Wildman–Crippen LogP) is 3.18. The molecule has 1 atom stereocenters. The topological polar surface area (TPSA) is 71.4 Å². The lowest BCUT2D eigenvalue weighted by Crippen LogP contribution is -2.17. The Balaban J connectivity index is 2.39. The second-order valence-electron chi connectivity index (χ2n) is 5.35. The van der Waals surface area contributed by atoms with Gasteiger partial charge in [-0.15, -0.1) is 0 Å². The number of sulfone groups is 1. The third kappa shape index (κ3) is 4.06. The van der Waals surface area contributed by atoms with Crippen molar-refractivity contribution in [3.63, 3.8) is 0 Å². The zero-order valence-corrected chi connectivity index (χ0v) is 13.8. The van der Waals surface area contributed by atoms with E-state index in [9.17, 15) is 18.3 Å². The largest absolute Gasteiger partial charge is 0.380 e. The molecule has 1 unspecified atom stereocenters. The summed E-state index contributed by atoms with van der Waals surface area (Å²) in [5, 5.41) is 10.3. The minimum Gasteiger partial charge on any atom is -0.380 e. The first-order valence-electron chi connectivity index (χ1n) is 7.56. The van der Waals surface area contributed by atoms with Gasteiger partial charge in [0, 0.05) is 5.56 Å². The summed E-state index contributed by atoms with van der Waals surface area (Å²) in [4.78, 5) is 12.6. The quantitative estimate of drug-likeness (QED) is 0.791. The van der Waals surface area contributed by atoms with Crippen molar-refractivity contribution in [1.82, 2.24) is 0 Å². The molecule has 2 aromatic rings.